The molecule has 0 amide bonds. The van der Waals surface area contributed by atoms with Gasteiger partial charge in [0.15, 0.2) is 11.5 Å². The molecule has 0 bridgehead atoms. The third kappa shape index (κ3) is 3.34. The van der Waals surface area contributed by atoms with Crippen molar-refractivity contribution in [3.63, 3.8) is 0 Å². The number of aromatic carboxylic acids is 1. The van der Waals surface area contributed by atoms with Crippen LogP contribution in [0.25, 0.3) is 0 Å². The average molecular weight is 286 g/mol. The predicted octanol–water partition coefficient (Wildman–Crippen LogP) is 3.19. The summed E-state index contributed by atoms with van der Waals surface area (Å²) in [6, 6.07) is 13.1. The van der Waals surface area contributed by atoms with Crippen LogP contribution in [0.2, 0.25) is 0 Å². The minimum absolute atomic E-state index is 0.253. The van der Waals surface area contributed by atoms with E-state index in [9.17, 15) is 9.90 Å². The van der Waals surface area contributed by atoms with Gasteiger partial charge in [-0.2, -0.15) is 0 Å². The summed E-state index contributed by atoms with van der Waals surface area (Å²) in [6.45, 7) is 0. The molecule has 0 aliphatic carbocycles. The van der Waals surface area contributed by atoms with Gasteiger partial charge in [-0.15, -0.1) is 0 Å². The maximum Gasteiger partial charge on any atom is 0.336 e. The average Bonchev–Trinajstić information content (AvgIpc) is 2.52. The number of carbonyl (C=O) groups is 1. The molecular weight excluding hydrogens is 268 g/mol. The van der Waals surface area contributed by atoms with Crippen LogP contribution in [0, 0.1) is 0 Å². The number of carboxylic acid groups (broad SMARTS) is 1. The van der Waals surface area contributed by atoms with E-state index in [4.69, 9.17) is 9.47 Å². The molecule has 0 saturated heterocycles. The first-order valence-corrected chi connectivity index (χ1v) is 6.68. The third-order valence-corrected chi connectivity index (χ3v) is 3.39. The molecule has 0 heterocycles. The van der Waals surface area contributed by atoms with E-state index < -0.39 is 5.97 Å². The Labute approximate surface area is 123 Å². The molecule has 0 saturated carbocycles. The van der Waals surface area contributed by atoms with Gasteiger partial charge in [0, 0.05) is 5.56 Å². The summed E-state index contributed by atoms with van der Waals surface area (Å²) in [5, 5.41) is 9.35. The second kappa shape index (κ2) is 6.79. The van der Waals surface area contributed by atoms with Gasteiger partial charge < -0.3 is 14.6 Å². The Bertz CT molecular complexity index is 620. The lowest BCUT2D eigenvalue weighted by Crippen LogP contribution is -2.07. The zero-order valence-corrected chi connectivity index (χ0v) is 12.1. The Morgan fingerprint density at radius 1 is 1.00 bits per heavy atom. The van der Waals surface area contributed by atoms with Gasteiger partial charge in [-0.3, -0.25) is 0 Å². The smallest absolute Gasteiger partial charge is 0.336 e. The molecule has 0 spiro atoms. The minimum atomic E-state index is -0.959. The number of methoxy groups -OCH3 is 2. The van der Waals surface area contributed by atoms with Gasteiger partial charge in [0.1, 0.15) is 0 Å². The summed E-state index contributed by atoms with van der Waals surface area (Å²) in [6.07, 6.45) is 1.32. The topological polar surface area (TPSA) is 55.8 Å². The fourth-order valence-electron chi connectivity index (χ4n) is 2.35. The lowest BCUT2D eigenvalue weighted by molar-refractivity contribution is 0.0695. The molecule has 0 aliphatic heterocycles. The van der Waals surface area contributed by atoms with Crippen molar-refractivity contribution < 1.29 is 19.4 Å². The first-order valence-electron chi connectivity index (χ1n) is 6.68. The molecule has 1 N–H and O–H groups in total. The Morgan fingerprint density at radius 3 is 2.29 bits per heavy atom. The second-order valence-electron chi connectivity index (χ2n) is 4.62. The molecule has 4 heteroatoms. The number of hydrogen-bond acceptors (Lipinski definition) is 3. The Kier molecular flexibility index (Phi) is 4.82. The first-order chi connectivity index (χ1) is 10.2. The van der Waals surface area contributed by atoms with Gasteiger partial charge in [-0.25, -0.2) is 4.79 Å². The van der Waals surface area contributed by atoms with Crippen molar-refractivity contribution in [2.45, 2.75) is 12.8 Å². The number of ether oxygens (including phenoxy) is 2. The van der Waals surface area contributed by atoms with E-state index >= 15 is 0 Å². The Balaban J connectivity index is 2.36. The summed E-state index contributed by atoms with van der Waals surface area (Å²) in [5.41, 5.74) is 2.07. The molecule has 2 aromatic rings. The third-order valence-electron chi connectivity index (χ3n) is 3.39. The van der Waals surface area contributed by atoms with Crippen LogP contribution in [0.5, 0.6) is 11.5 Å². The molecule has 0 fully saturated rings. The van der Waals surface area contributed by atoms with Gasteiger partial charge in [0.2, 0.25) is 0 Å². The van der Waals surface area contributed by atoms with Crippen molar-refractivity contribution in [2.24, 2.45) is 0 Å². The fourth-order valence-corrected chi connectivity index (χ4v) is 2.35. The molecule has 0 aliphatic rings. The summed E-state index contributed by atoms with van der Waals surface area (Å²) in [7, 11) is 3.06. The van der Waals surface area contributed by atoms with Crippen LogP contribution in [0.1, 0.15) is 21.5 Å². The lowest BCUT2D eigenvalue weighted by atomic mass is 9.98. The van der Waals surface area contributed by atoms with Crippen LogP contribution in [0.15, 0.2) is 42.5 Å². The maximum atomic E-state index is 11.4. The standard InChI is InChI=1S/C17H18O4/c1-20-15-11-10-14(17(18)19)13(16(15)21-2)9-8-12-6-4-3-5-7-12/h3-7,10-11H,8-9H2,1-2H3,(H,18,19). The molecule has 0 unspecified atom stereocenters. The number of carboxylic acids is 1. The van der Waals surface area contributed by atoms with Crippen molar-refractivity contribution in [2.75, 3.05) is 14.2 Å². The van der Waals surface area contributed by atoms with Crippen LogP contribution in [-0.2, 0) is 12.8 Å². The maximum absolute atomic E-state index is 11.4. The van der Waals surface area contributed by atoms with Gasteiger partial charge in [0.25, 0.3) is 0 Å². The molecule has 110 valence electrons. The van der Waals surface area contributed by atoms with E-state index in [1.807, 2.05) is 30.3 Å². The number of rotatable bonds is 6. The van der Waals surface area contributed by atoms with Gasteiger partial charge in [-0.05, 0) is 30.5 Å². The summed E-state index contributed by atoms with van der Waals surface area (Å²) < 4.78 is 10.6. The monoisotopic (exact) mass is 286 g/mol. The highest BCUT2D eigenvalue weighted by Crippen LogP contribution is 2.34. The number of benzene rings is 2. The minimum Gasteiger partial charge on any atom is -0.493 e. The molecular formula is C17H18O4. The lowest BCUT2D eigenvalue weighted by Gasteiger charge is -2.15. The zero-order chi connectivity index (χ0) is 15.2. The second-order valence-corrected chi connectivity index (χ2v) is 4.62. The summed E-state index contributed by atoms with van der Waals surface area (Å²) in [5.74, 6) is 0.0814. The molecule has 0 radical (unpaired) electrons. The number of hydrogen-bond donors (Lipinski definition) is 1. The van der Waals surface area contributed by atoms with Crippen molar-refractivity contribution in [1.82, 2.24) is 0 Å². The van der Waals surface area contributed by atoms with Crippen LogP contribution >= 0.6 is 0 Å². The zero-order valence-electron chi connectivity index (χ0n) is 12.1. The molecule has 4 nitrogen and oxygen atoms in total. The molecule has 2 rings (SSSR count). The van der Waals surface area contributed by atoms with Crippen molar-refractivity contribution in [1.29, 1.82) is 0 Å². The Hall–Kier alpha value is -2.49. The number of aryl methyl sites for hydroxylation is 1. The quantitative estimate of drug-likeness (QED) is 0.886. The molecule has 0 aromatic heterocycles. The van der Waals surface area contributed by atoms with E-state index in [1.54, 1.807) is 19.2 Å². The summed E-state index contributed by atoms with van der Waals surface area (Å²) in [4.78, 5) is 11.4. The van der Waals surface area contributed by atoms with Gasteiger partial charge in [0.05, 0.1) is 19.8 Å². The highest BCUT2D eigenvalue weighted by molar-refractivity contribution is 5.90. The largest absolute Gasteiger partial charge is 0.493 e. The summed E-state index contributed by atoms with van der Waals surface area (Å²) >= 11 is 0. The van der Waals surface area contributed by atoms with E-state index in [0.717, 1.165) is 12.0 Å². The van der Waals surface area contributed by atoms with E-state index in [0.29, 0.717) is 23.5 Å². The molecule has 21 heavy (non-hydrogen) atoms. The first kappa shape index (κ1) is 14.9. The van der Waals surface area contributed by atoms with E-state index in [2.05, 4.69) is 0 Å². The molecule has 0 atom stereocenters. The Morgan fingerprint density at radius 2 is 1.71 bits per heavy atom. The van der Waals surface area contributed by atoms with E-state index in [-0.39, 0.29) is 5.56 Å². The predicted molar refractivity (Wildman–Crippen MR) is 80.4 cm³/mol. The van der Waals surface area contributed by atoms with Crippen LogP contribution in [0.4, 0.5) is 0 Å². The normalized spacial score (nSPS) is 10.2. The van der Waals surface area contributed by atoms with Crippen LogP contribution < -0.4 is 9.47 Å². The SMILES string of the molecule is COc1ccc(C(=O)O)c(CCc2ccccc2)c1OC. The van der Waals surface area contributed by atoms with Crippen molar-refractivity contribution >= 4 is 5.97 Å². The van der Waals surface area contributed by atoms with Crippen molar-refractivity contribution in [3.8, 4) is 11.5 Å². The van der Waals surface area contributed by atoms with Gasteiger partial charge in [-0.1, -0.05) is 30.3 Å². The highest BCUT2D eigenvalue weighted by Gasteiger charge is 2.18. The van der Waals surface area contributed by atoms with Crippen LogP contribution in [-0.4, -0.2) is 25.3 Å². The van der Waals surface area contributed by atoms with Crippen molar-refractivity contribution in [3.05, 3.63) is 59.2 Å². The van der Waals surface area contributed by atoms with E-state index in [1.165, 1.54) is 7.11 Å². The highest BCUT2D eigenvalue weighted by atomic mass is 16.5. The van der Waals surface area contributed by atoms with Crippen LogP contribution in [0.3, 0.4) is 0 Å². The fraction of sp³-hybridized carbons (Fsp3) is 0.235. The molecule has 2 aromatic carbocycles. The van der Waals surface area contributed by atoms with Gasteiger partial charge >= 0.3 is 5.97 Å².